The number of benzene rings is 3. The van der Waals surface area contributed by atoms with E-state index in [0.29, 0.717) is 10.0 Å². The Balaban J connectivity index is 1.67. The first kappa shape index (κ1) is 19.8. The molecule has 0 spiro atoms. The number of fused-ring (bicyclic) bond motifs is 1. The maximum atomic E-state index is 11.0. The van der Waals surface area contributed by atoms with Gasteiger partial charge in [0, 0.05) is 27.4 Å². The van der Waals surface area contributed by atoms with Crippen LogP contribution in [0.5, 0.6) is 5.75 Å². The third-order valence-corrected chi connectivity index (χ3v) is 5.72. The van der Waals surface area contributed by atoms with Crippen LogP contribution >= 0.6 is 23.2 Å². The largest absolute Gasteiger partial charge is 0.497 e. The molecular formula is C23H20Cl2N2O2. The van der Waals surface area contributed by atoms with Crippen LogP contribution in [0.3, 0.4) is 0 Å². The van der Waals surface area contributed by atoms with Gasteiger partial charge >= 0.3 is 0 Å². The summed E-state index contributed by atoms with van der Waals surface area (Å²) >= 11 is 12.3. The normalized spacial score (nSPS) is 13.4. The summed E-state index contributed by atoms with van der Waals surface area (Å²) in [4.78, 5) is 0. The van der Waals surface area contributed by atoms with Gasteiger partial charge in [0.15, 0.2) is 0 Å². The number of ether oxygens (including phenoxy) is 1. The molecule has 1 N–H and O–H groups in total. The van der Waals surface area contributed by atoms with Gasteiger partial charge in [-0.3, -0.25) is 0 Å². The lowest BCUT2D eigenvalue weighted by Crippen LogP contribution is -2.08. The number of hydrogen-bond donors (Lipinski definition) is 1. The Labute approximate surface area is 179 Å². The van der Waals surface area contributed by atoms with E-state index in [1.54, 1.807) is 25.4 Å². The summed E-state index contributed by atoms with van der Waals surface area (Å²) in [5.41, 5.74) is 3.53. The Hall–Kier alpha value is -2.53. The van der Waals surface area contributed by atoms with Crippen LogP contribution in [0.2, 0.25) is 10.0 Å². The molecule has 6 heteroatoms. The molecule has 1 aromatic heterocycles. The van der Waals surface area contributed by atoms with Gasteiger partial charge in [-0.25, -0.2) is 4.68 Å². The molecule has 1 heterocycles. The zero-order valence-electron chi connectivity index (χ0n) is 16.0. The van der Waals surface area contributed by atoms with Crippen molar-refractivity contribution in [2.75, 3.05) is 7.11 Å². The predicted molar refractivity (Wildman–Crippen MR) is 117 cm³/mol. The van der Waals surface area contributed by atoms with Crippen LogP contribution in [0, 0.1) is 0 Å². The lowest BCUT2D eigenvalue weighted by Gasteiger charge is -2.21. The molecule has 0 amide bonds. The van der Waals surface area contributed by atoms with Gasteiger partial charge < -0.3 is 9.84 Å². The number of nitrogens with zero attached hydrogens (tertiary/aromatic N) is 2. The molecule has 0 saturated carbocycles. The molecule has 29 heavy (non-hydrogen) atoms. The van der Waals surface area contributed by atoms with E-state index in [9.17, 15) is 5.11 Å². The van der Waals surface area contributed by atoms with Crippen molar-refractivity contribution in [3.63, 3.8) is 0 Å². The highest BCUT2D eigenvalue weighted by atomic mass is 35.5. The van der Waals surface area contributed by atoms with Gasteiger partial charge in [-0.2, -0.15) is 5.10 Å². The maximum Gasteiger partial charge on any atom is 0.121 e. The zero-order chi connectivity index (χ0) is 20.5. The van der Waals surface area contributed by atoms with Crippen LogP contribution in [-0.2, 0) is 0 Å². The first-order chi connectivity index (χ1) is 14.0. The van der Waals surface area contributed by atoms with Gasteiger partial charge in [0.05, 0.1) is 30.6 Å². The number of halogens is 2. The Morgan fingerprint density at radius 3 is 2.62 bits per heavy atom. The third-order valence-electron chi connectivity index (χ3n) is 5.16. The molecule has 0 bridgehead atoms. The van der Waals surface area contributed by atoms with Crippen molar-refractivity contribution in [2.45, 2.75) is 18.9 Å². The number of aliphatic hydroxyl groups excluding tert-OH is 1. The fourth-order valence-corrected chi connectivity index (χ4v) is 4.09. The molecule has 2 atom stereocenters. The molecule has 4 nitrogen and oxygen atoms in total. The lowest BCUT2D eigenvalue weighted by atomic mass is 9.90. The summed E-state index contributed by atoms with van der Waals surface area (Å²) in [6.07, 6.45) is 1.09. The van der Waals surface area contributed by atoms with E-state index in [1.807, 2.05) is 60.1 Å². The first-order valence-electron chi connectivity index (χ1n) is 9.23. The number of rotatable bonds is 5. The Morgan fingerprint density at radius 1 is 1.03 bits per heavy atom. The minimum Gasteiger partial charge on any atom is -0.497 e. The van der Waals surface area contributed by atoms with Crippen molar-refractivity contribution in [1.29, 1.82) is 0 Å². The summed E-state index contributed by atoms with van der Waals surface area (Å²) in [7, 11) is 1.64. The third kappa shape index (κ3) is 3.84. The molecule has 148 valence electrons. The summed E-state index contributed by atoms with van der Waals surface area (Å²) in [5, 5.41) is 17.5. The fourth-order valence-electron chi connectivity index (χ4n) is 3.51. The molecule has 0 aliphatic carbocycles. The average molecular weight is 427 g/mol. The van der Waals surface area contributed by atoms with E-state index in [2.05, 4.69) is 5.10 Å². The van der Waals surface area contributed by atoms with Crippen molar-refractivity contribution < 1.29 is 9.84 Å². The second-order valence-corrected chi connectivity index (χ2v) is 7.82. The molecule has 4 aromatic rings. The van der Waals surface area contributed by atoms with Gasteiger partial charge in [0.2, 0.25) is 0 Å². The molecule has 0 saturated heterocycles. The minimum atomic E-state index is -0.710. The van der Waals surface area contributed by atoms with E-state index in [0.717, 1.165) is 33.5 Å². The van der Waals surface area contributed by atoms with E-state index in [4.69, 9.17) is 27.9 Å². The van der Waals surface area contributed by atoms with Crippen molar-refractivity contribution in [2.24, 2.45) is 0 Å². The summed E-state index contributed by atoms with van der Waals surface area (Å²) < 4.78 is 7.16. The van der Waals surface area contributed by atoms with Crippen LogP contribution in [-0.4, -0.2) is 22.0 Å². The number of hydrogen-bond acceptors (Lipinski definition) is 3. The summed E-state index contributed by atoms with van der Waals surface area (Å²) in [6, 6.07) is 18.9. The topological polar surface area (TPSA) is 47.3 Å². The van der Waals surface area contributed by atoms with Gasteiger partial charge in [0.1, 0.15) is 5.75 Å². The SMILES string of the molecule is COc1cccc(-n2ncc3cc(C(O)C(C)c4ccc(Cl)cc4Cl)ccc32)c1. The lowest BCUT2D eigenvalue weighted by molar-refractivity contribution is 0.152. The Morgan fingerprint density at radius 2 is 1.86 bits per heavy atom. The molecule has 3 aromatic carbocycles. The van der Waals surface area contributed by atoms with Crippen molar-refractivity contribution in [3.05, 3.63) is 88.0 Å². The molecular weight excluding hydrogens is 407 g/mol. The van der Waals surface area contributed by atoms with Crippen molar-refractivity contribution in [1.82, 2.24) is 9.78 Å². The molecule has 0 aliphatic heterocycles. The van der Waals surface area contributed by atoms with Crippen LogP contribution in [0.25, 0.3) is 16.6 Å². The number of aliphatic hydroxyl groups is 1. The first-order valence-corrected chi connectivity index (χ1v) is 9.98. The van der Waals surface area contributed by atoms with Crippen LogP contribution in [0.1, 0.15) is 30.1 Å². The monoisotopic (exact) mass is 426 g/mol. The smallest absolute Gasteiger partial charge is 0.121 e. The van der Waals surface area contributed by atoms with Crippen molar-refractivity contribution >= 4 is 34.1 Å². The molecule has 2 unspecified atom stereocenters. The van der Waals surface area contributed by atoms with Gasteiger partial charge in [-0.1, -0.05) is 48.3 Å². The standard InChI is InChI=1S/C23H20Cl2N2O2/c1-14(20-8-7-17(24)11-21(20)25)23(28)15-6-9-22-16(10-15)13-26-27(22)18-4-3-5-19(12-18)29-2/h3-14,23,28H,1-2H3. The zero-order valence-corrected chi connectivity index (χ0v) is 17.5. The summed E-state index contributed by atoms with van der Waals surface area (Å²) in [6.45, 7) is 1.95. The Bertz CT molecular complexity index is 1170. The number of aromatic nitrogens is 2. The van der Waals surface area contributed by atoms with Crippen LogP contribution in [0.15, 0.2) is 66.9 Å². The molecule has 0 fully saturated rings. The van der Waals surface area contributed by atoms with E-state index < -0.39 is 6.10 Å². The number of methoxy groups -OCH3 is 1. The van der Waals surface area contributed by atoms with Gasteiger partial charge in [-0.15, -0.1) is 0 Å². The molecule has 4 rings (SSSR count). The van der Waals surface area contributed by atoms with Gasteiger partial charge in [-0.05, 0) is 47.5 Å². The second-order valence-electron chi connectivity index (χ2n) is 6.98. The van der Waals surface area contributed by atoms with Crippen LogP contribution < -0.4 is 4.74 Å². The van der Waals surface area contributed by atoms with E-state index in [-0.39, 0.29) is 5.92 Å². The van der Waals surface area contributed by atoms with Crippen LogP contribution in [0.4, 0.5) is 0 Å². The highest BCUT2D eigenvalue weighted by molar-refractivity contribution is 6.35. The molecule has 0 radical (unpaired) electrons. The molecule has 0 aliphatic rings. The quantitative estimate of drug-likeness (QED) is 0.414. The van der Waals surface area contributed by atoms with Gasteiger partial charge in [0.25, 0.3) is 0 Å². The van der Waals surface area contributed by atoms with E-state index in [1.165, 1.54) is 0 Å². The summed E-state index contributed by atoms with van der Waals surface area (Å²) in [5.74, 6) is 0.581. The highest BCUT2D eigenvalue weighted by Crippen LogP contribution is 2.36. The fraction of sp³-hybridized carbons (Fsp3) is 0.174. The Kier molecular flexibility index (Phi) is 5.50. The minimum absolute atomic E-state index is 0.189. The van der Waals surface area contributed by atoms with E-state index >= 15 is 0 Å². The maximum absolute atomic E-state index is 11.0. The average Bonchev–Trinajstić information content (AvgIpc) is 3.16. The van der Waals surface area contributed by atoms with Crippen molar-refractivity contribution in [3.8, 4) is 11.4 Å². The predicted octanol–water partition coefficient (Wildman–Crippen LogP) is 6.18. The highest BCUT2D eigenvalue weighted by Gasteiger charge is 2.21. The second kappa shape index (κ2) is 8.07.